The van der Waals surface area contributed by atoms with E-state index in [0.29, 0.717) is 0 Å². The molecular formula is C7H6NiO6S. The van der Waals surface area contributed by atoms with Crippen LogP contribution in [0.5, 0.6) is 5.75 Å². The zero-order valence-corrected chi connectivity index (χ0v) is 8.87. The van der Waals surface area contributed by atoms with E-state index < -0.39 is 22.1 Å². The zero-order valence-electron chi connectivity index (χ0n) is 7.06. The van der Waals surface area contributed by atoms with Crippen LogP contribution in [-0.2, 0) is 26.9 Å². The van der Waals surface area contributed by atoms with Crippen molar-refractivity contribution in [3.8, 4) is 5.75 Å². The van der Waals surface area contributed by atoms with Crippen LogP contribution in [0.3, 0.4) is 0 Å². The predicted octanol–water partition coefficient (Wildman–Crippen LogP) is 0.564. The van der Waals surface area contributed by atoms with Gasteiger partial charge in [-0.05, 0) is 12.1 Å². The van der Waals surface area contributed by atoms with E-state index in [4.69, 9.17) is 9.66 Å². The summed E-state index contributed by atoms with van der Waals surface area (Å²) in [5.41, 5.74) is -0.342. The number of carbonyl (C=O) groups is 1. The molecule has 0 radical (unpaired) electrons. The van der Waals surface area contributed by atoms with Crippen LogP contribution >= 0.6 is 0 Å². The maximum atomic E-state index is 10.6. The van der Waals surface area contributed by atoms with Gasteiger partial charge in [0.25, 0.3) is 0 Å². The number of carboxylic acid groups (broad SMARTS) is 1. The number of hydrogen-bond donors (Lipinski definition) is 2. The number of rotatable bonds is 3. The molecule has 0 aliphatic carbocycles. The molecule has 0 heterocycles. The van der Waals surface area contributed by atoms with Gasteiger partial charge in [-0.3, -0.25) is 4.55 Å². The van der Waals surface area contributed by atoms with Gasteiger partial charge < -0.3 is 9.29 Å². The summed E-state index contributed by atoms with van der Waals surface area (Å²) >= 11 is 0. The molecule has 0 fully saturated rings. The topological polar surface area (TPSA) is 101 Å². The third-order valence-electron chi connectivity index (χ3n) is 1.31. The van der Waals surface area contributed by atoms with Crippen LogP contribution in [0.4, 0.5) is 0 Å². The Hall–Kier alpha value is -1.11. The van der Waals surface area contributed by atoms with Crippen molar-refractivity contribution in [1.82, 2.24) is 0 Å². The van der Waals surface area contributed by atoms with Crippen molar-refractivity contribution < 1.29 is 43.5 Å². The van der Waals surface area contributed by atoms with Crippen molar-refractivity contribution in [3.63, 3.8) is 0 Å². The summed E-state index contributed by atoms with van der Waals surface area (Å²) in [5.74, 6) is -1.77. The van der Waals surface area contributed by atoms with Gasteiger partial charge in [-0.25, -0.2) is 4.79 Å². The van der Waals surface area contributed by atoms with Crippen molar-refractivity contribution >= 4 is 16.4 Å². The maximum Gasteiger partial charge on any atom is 0.446 e. The summed E-state index contributed by atoms with van der Waals surface area (Å²) in [6.45, 7) is 0. The van der Waals surface area contributed by atoms with Crippen LogP contribution < -0.4 is 4.18 Å². The second kappa shape index (κ2) is 5.11. The van der Waals surface area contributed by atoms with Crippen molar-refractivity contribution in [3.05, 3.63) is 29.8 Å². The molecule has 1 aromatic rings. The standard InChI is InChI=1S/C7H6O6S.Ni/c8-7(9)5-3-1-2-4-6(5)13-14(10,11)12;/h1-4H,(H,8,9)(H,10,11,12);. The SMILES string of the molecule is O=C(O)c1ccccc1OS(=O)(=O)O.[Ni]. The Morgan fingerprint density at radius 3 is 2.27 bits per heavy atom. The van der Waals surface area contributed by atoms with Gasteiger partial charge in [-0.1, -0.05) is 12.1 Å². The smallest absolute Gasteiger partial charge is 0.446 e. The second-order valence-corrected chi connectivity index (χ2v) is 3.33. The molecule has 0 unspecified atom stereocenters. The first kappa shape index (κ1) is 13.9. The van der Waals surface area contributed by atoms with E-state index in [1.807, 2.05) is 0 Å². The molecule has 6 nitrogen and oxygen atoms in total. The van der Waals surface area contributed by atoms with E-state index >= 15 is 0 Å². The summed E-state index contributed by atoms with van der Waals surface area (Å²) in [6, 6.07) is 5.06. The van der Waals surface area contributed by atoms with Gasteiger partial charge in [-0.15, -0.1) is 0 Å². The van der Waals surface area contributed by atoms with E-state index in [2.05, 4.69) is 4.18 Å². The Morgan fingerprint density at radius 1 is 1.27 bits per heavy atom. The molecule has 0 bridgehead atoms. The normalized spacial score (nSPS) is 10.2. The number of aromatic carboxylic acids is 1. The first-order chi connectivity index (χ1) is 6.40. The average Bonchev–Trinajstić information content (AvgIpc) is 2.01. The molecule has 1 rings (SSSR count). The Kier molecular flexibility index (Phi) is 4.73. The number of carboxylic acids is 1. The van der Waals surface area contributed by atoms with E-state index in [1.54, 1.807) is 0 Å². The van der Waals surface area contributed by atoms with Crippen molar-refractivity contribution in [1.29, 1.82) is 0 Å². The molecular weight excluding hydrogens is 271 g/mol. The van der Waals surface area contributed by atoms with Crippen LogP contribution in [0.15, 0.2) is 24.3 Å². The second-order valence-electron chi connectivity index (χ2n) is 2.31. The van der Waals surface area contributed by atoms with Gasteiger partial charge in [0.1, 0.15) is 5.56 Å². The fourth-order valence-corrected chi connectivity index (χ4v) is 1.20. The van der Waals surface area contributed by atoms with Crippen molar-refractivity contribution in [2.24, 2.45) is 0 Å². The van der Waals surface area contributed by atoms with E-state index in [9.17, 15) is 13.2 Å². The molecule has 0 saturated carbocycles. The molecule has 0 amide bonds. The van der Waals surface area contributed by atoms with Crippen LogP contribution in [0.25, 0.3) is 0 Å². The Balaban J connectivity index is 0.00000196. The van der Waals surface area contributed by atoms with E-state index in [0.717, 1.165) is 12.1 Å². The molecule has 0 aromatic heterocycles. The van der Waals surface area contributed by atoms with Crippen LogP contribution in [-0.4, -0.2) is 24.0 Å². The summed E-state index contributed by atoms with van der Waals surface area (Å²) < 4.78 is 33.0. The van der Waals surface area contributed by atoms with Crippen LogP contribution in [0.2, 0.25) is 0 Å². The molecule has 86 valence electrons. The fourth-order valence-electron chi connectivity index (χ4n) is 0.829. The largest absolute Gasteiger partial charge is 0.478 e. The monoisotopic (exact) mass is 276 g/mol. The summed E-state index contributed by atoms with van der Waals surface area (Å²) in [7, 11) is -4.70. The molecule has 1 aromatic carbocycles. The molecule has 8 heteroatoms. The first-order valence-corrected chi connectivity index (χ1v) is 4.76. The number of para-hydroxylation sites is 1. The van der Waals surface area contributed by atoms with Gasteiger partial charge >= 0.3 is 16.4 Å². The van der Waals surface area contributed by atoms with Gasteiger partial charge in [0.15, 0.2) is 5.75 Å². The molecule has 0 saturated heterocycles. The summed E-state index contributed by atoms with van der Waals surface area (Å²) in [6.07, 6.45) is 0. The zero-order chi connectivity index (χ0) is 10.8. The predicted molar refractivity (Wildman–Crippen MR) is 45.6 cm³/mol. The van der Waals surface area contributed by atoms with Gasteiger partial charge in [0, 0.05) is 16.5 Å². The number of benzene rings is 1. The average molecular weight is 277 g/mol. The number of hydrogen-bond acceptors (Lipinski definition) is 4. The molecule has 0 atom stereocenters. The Bertz CT molecular complexity index is 454. The minimum atomic E-state index is -4.70. The van der Waals surface area contributed by atoms with Crippen molar-refractivity contribution in [2.45, 2.75) is 0 Å². The maximum absolute atomic E-state index is 10.6. The minimum Gasteiger partial charge on any atom is -0.478 e. The molecule has 0 spiro atoms. The molecule has 0 aliphatic heterocycles. The third kappa shape index (κ3) is 4.29. The minimum absolute atomic E-state index is 0. The van der Waals surface area contributed by atoms with Crippen molar-refractivity contribution in [2.75, 3.05) is 0 Å². The summed E-state index contributed by atoms with van der Waals surface area (Å²) in [5, 5.41) is 8.61. The van der Waals surface area contributed by atoms with E-state index in [-0.39, 0.29) is 22.1 Å². The quantitative estimate of drug-likeness (QED) is 0.618. The Morgan fingerprint density at radius 2 is 1.80 bits per heavy atom. The molecule has 15 heavy (non-hydrogen) atoms. The summed E-state index contributed by atoms with van der Waals surface area (Å²) in [4.78, 5) is 10.6. The van der Waals surface area contributed by atoms with Gasteiger partial charge in [0.2, 0.25) is 0 Å². The van der Waals surface area contributed by atoms with E-state index in [1.165, 1.54) is 12.1 Å². The first-order valence-electron chi connectivity index (χ1n) is 3.39. The fraction of sp³-hybridized carbons (Fsp3) is 0. The molecule has 2 N–H and O–H groups in total. The van der Waals surface area contributed by atoms with Crippen LogP contribution in [0.1, 0.15) is 10.4 Å². The van der Waals surface area contributed by atoms with Crippen LogP contribution in [0, 0.1) is 0 Å². The third-order valence-corrected chi connectivity index (χ3v) is 1.70. The Labute approximate surface area is 95.8 Å². The van der Waals surface area contributed by atoms with Gasteiger partial charge in [0.05, 0.1) is 0 Å². The molecule has 0 aliphatic rings. The van der Waals surface area contributed by atoms with Gasteiger partial charge in [-0.2, -0.15) is 8.42 Å².